The van der Waals surface area contributed by atoms with Gasteiger partial charge in [-0.15, -0.1) is 11.8 Å². The van der Waals surface area contributed by atoms with Crippen LogP contribution in [0.25, 0.3) is 0 Å². The lowest BCUT2D eigenvalue weighted by atomic mass is 9.85. The Kier molecular flexibility index (Phi) is 3.99. The average Bonchev–Trinajstić information content (AvgIpc) is 2.12. The lowest BCUT2D eigenvalue weighted by Crippen LogP contribution is -2.17. The van der Waals surface area contributed by atoms with E-state index in [1.165, 1.54) is 4.91 Å². The number of allylic oxidation sites excluding steroid dienone is 3. The van der Waals surface area contributed by atoms with Gasteiger partial charge in [0.1, 0.15) is 0 Å². The highest BCUT2D eigenvalue weighted by atomic mass is 32.2. The fourth-order valence-corrected chi connectivity index (χ4v) is 2.67. The monoisotopic (exact) mass is 210 g/mol. The summed E-state index contributed by atoms with van der Waals surface area (Å²) in [6, 6.07) is 0. The molecule has 14 heavy (non-hydrogen) atoms. The van der Waals surface area contributed by atoms with Crippen LogP contribution in [-0.2, 0) is 4.79 Å². The van der Waals surface area contributed by atoms with E-state index in [0.717, 1.165) is 23.3 Å². The zero-order chi connectivity index (χ0) is 10.7. The maximum absolute atomic E-state index is 11.7. The van der Waals surface area contributed by atoms with E-state index >= 15 is 0 Å². The Balaban J connectivity index is 2.84. The lowest BCUT2D eigenvalue weighted by Gasteiger charge is -2.24. The van der Waals surface area contributed by atoms with E-state index in [-0.39, 0.29) is 0 Å². The van der Waals surface area contributed by atoms with E-state index in [2.05, 4.69) is 13.5 Å². The maximum Gasteiger partial charge on any atom is 0.159 e. The molecule has 0 N–H and O–H groups in total. The summed E-state index contributed by atoms with van der Waals surface area (Å²) in [5, 5.41) is 0. The topological polar surface area (TPSA) is 17.1 Å². The molecule has 0 bridgehead atoms. The van der Waals surface area contributed by atoms with E-state index in [4.69, 9.17) is 0 Å². The smallest absolute Gasteiger partial charge is 0.159 e. The van der Waals surface area contributed by atoms with Crippen LogP contribution in [-0.4, -0.2) is 11.5 Å². The minimum atomic E-state index is 0.306. The van der Waals surface area contributed by atoms with Crippen LogP contribution in [0, 0.1) is 5.92 Å². The molecule has 0 fully saturated rings. The first-order valence-electron chi connectivity index (χ1n) is 5.07. The Bertz CT molecular complexity index is 289. The van der Waals surface area contributed by atoms with Crippen molar-refractivity contribution in [3.63, 3.8) is 0 Å². The van der Waals surface area contributed by atoms with Gasteiger partial charge in [-0.05, 0) is 36.8 Å². The van der Waals surface area contributed by atoms with Crippen molar-refractivity contribution in [2.75, 3.05) is 5.75 Å². The summed E-state index contributed by atoms with van der Waals surface area (Å²) in [4.78, 5) is 13.0. The SMILES string of the molecule is C=C(C)C1CC(=O)C(C)=C(SCC)C1. The van der Waals surface area contributed by atoms with Gasteiger partial charge >= 0.3 is 0 Å². The Labute approximate surface area is 90.7 Å². The van der Waals surface area contributed by atoms with Crippen LogP contribution in [0.5, 0.6) is 0 Å². The quantitative estimate of drug-likeness (QED) is 0.662. The second-order valence-electron chi connectivity index (χ2n) is 3.86. The number of hydrogen-bond donors (Lipinski definition) is 0. The Morgan fingerprint density at radius 1 is 1.57 bits per heavy atom. The molecule has 0 radical (unpaired) electrons. The molecule has 0 amide bonds. The summed E-state index contributed by atoms with van der Waals surface area (Å²) in [5.41, 5.74) is 2.12. The van der Waals surface area contributed by atoms with Gasteiger partial charge in [-0.1, -0.05) is 19.1 Å². The van der Waals surface area contributed by atoms with E-state index in [9.17, 15) is 4.79 Å². The highest BCUT2D eigenvalue weighted by molar-refractivity contribution is 8.03. The van der Waals surface area contributed by atoms with Crippen LogP contribution < -0.4 is 0 Å². The standard InChI is InChI=1S/C12H18OS/c1-5-14-12-7-10(8(2)3)6-11(13)9(12)4/h10H,2,5-7H2,1,3-4H3. The van der Waals surface area contributed by atoms with Crippen LogP contribution in [0.2, 0.25) is 0 Å². The largest absolute Gasteiger partial charge is 0.295 e. The third kappa shape index (κ3) is 2.50. The molecule has 2 heteroatoms. The average molecular weight is 210 g/mol. The van der Waals surface area contributed by atoms with Crippen molar-refractivity contribution in [3.8, 4) is 0 Å². The fraction of sp³-hybridized carbons (Fsp3) is 0.583. The van der Waals surface area contributed by atoms with Gasteiger partial charge in [0.15, 0.2) is 5.78 Å². The van der Waals surface area contributed by atoms with Gasteiger partial charge in [0.25, 0.3) is 0 Å². The van der Waals surface area contributed by atoms with Crippen molar-refractivity contribution >= 4 is 17.5 Å². The first-order chi connectivity index (χ1) is 6.56. The van der Waals surface area contributed by atoms with Crippen molar-refractivity contribution in [1.29, 1.82) is 0 Å². The van der Waals surface area contributed by atoms with Crippen LogP contribution in [0.4, 0.5) is 0 Å². The molecular weight excluding hydrogens is 192 g/mol. The van der Waals surface area contributed by atoms with Crippen molar-refractivity contribution in [2.45, 2.75) is 33.6 Å². The summed E-state index contributed by atoms with van der Waals surface area (Å²) < 4.78 is 0. The molecule has 0 aromatic rings. The number of ketones is 1. The van der Waals surface area contributed by atoms with Crippen molar-refractivity contribution < 1.29 is 4.79 Å². The maximum atomic E-state index is 11.7. The zero-order valence-electron chi connectivity index (χ0n) is 9.22. The van der Waals surface area contributed by atoms with E-state index in [1.54, 1.807) is 11.8 Å². The summed E-state index contributed by atoms with van der Waals surface area (Å²) >= 11 is 1.80. The van der Waals surface area contributed by atoms with Gasteiger partial charge in [-0.2, -0.15) is 0 Å². The summed E-state index contributed by atoms with van der Waals surface area (Å²) in [6.45, 7) is 10.0. The number of rotatable bonds is 3. The predicted molar refractivity (Wildman–Crippen MR) is 63.4 cm³/mol. The summed E-state index contributed by atoms with van der Waals surface area (Å²) in [7, 11) is 0. The Morgan fingerprint density at radius 2 is 2.21 bits per heavy atom. The molecule has 0 aromatic heterocycles. The number of carbonyl (C=O) groups excluding carboxylic acids is 1. The van der Waals surface area contributed by atoms with Crippen LogP contribution in [0.1, 0.15) is 33.6 Å². The van der Waals surface area contributed by atoms with E-state index < -0.39 is 0 Å². The van der Waals surface area contributed by atoms with Crippen LogP contribution >= 0.6 is 11.8 Å². The molecule has 78 valence electrons. The van der Waals surface area contributed by atoms with Gasteiger partial charge in [-0.25, -0.2) is 0 Å². The number of thioether (sulfide) groups is 1. The minimum Gasteiger partial charge on any atom is -0.295 e. The molecule has 0 heterocycles. The minimum absolute atomic E-state index is 0.306. The van der Waals surface area contributed by atoms with Gasteiger partial charge in [0.2, 0.25) is 0 Å². The fourth-order valence-electron chi connectivity index (χ4n) is 1.67. The molecule has 1 aliphatic carbocycles. The second-order valence-corrected chi connectivity index (χ2v) is 5.21. The van der Waals surface area contributed by atoms with Crippen molar-refractivity contribution in [1.82, 2.24) is 0 Å². The number of hydrogen-bond acceptors (Lipinski definition) is 2. The first kappa shape index (κ1) is 11.6. The zero-order valence-corrected chi connectivity index (χ0v) is 10.0. The second kappa shape index (κ2) is 4.83. The first-order valence-corrected chi connectivity index (χ1v) is 6.06. The highest BCUT2D eigenvalue weighted by Gasteiger charge is 2.25. The molecule has 1 rings (SSSR count). The number of carbonyl (C=O) groups is 1. The van der Waals surface area contributed by atoms with Crippen molar-refractivity contribution in [3.05, 3.63) is 22.6 Å². The molecule has 1 nitrogen and oxygen atoms in total. The molecule has 0 spiro atoms. The molecule has 0 aliphatic heterocycles. The van der Waals surface area contributed by atoms with Crippen LogP contribution in [0.15, 0.2) is 22.6 Å². The molecule has 0 saturated carbocycles. The molecule has 1 atom stereocenters. The third-order valence-corrected chi connectivity index (χ3v) is 3.83. The molecule has 1 aliphatic rings. The third-order valence-electron chi connectivity index (χ3n) is 2.72. The van der Waals surface area contributed by atoms with Crippen molar-refractivity contribution in [2.24, 2.45) is 5.92 Å². The van der Waals surface area contributed by atoms with Gasteiger partial charge in [-0.3, -0.25) is 4.79 Å². The predicted octanol–water partition coefficient (Wildman–Crippen LogP) is 3.57. The molecule has 0 aromatic carbocycles. The van der Waals surface area contributed by atoms with Gasteiger partial charge < -0.3 is 0 Å². The summed E-state index contributed by atoms with van der Waals surface area (Å²) in [6.07, 6.45) is 1.68. The lowest BCUT2D eigenvalue weighted by molar-refractivity contribution is -0.116. The molecular formula is C12H18OS. The molecule has 0 saturated heterocycles. The normalized spacial score (nSPS) is 22.8. The van der Waals surface area contributed by atoms with Gasteiger partial charge in [0, 0.05) is 12.0 Å². The van der Waals surface area contributed by atoms with E-state index in [1.807, 2.05) is 13.8 Å². The summed E-state index contributed by atoms with van der Waals surface area (Å²) in [5.74, 6) is 1.73. The number of Topliss-reactive ketones (excluding diaryl/α,β-unsaturated/α-hetero) is 1. The Hall–Kier alpha value is -0.500. The highest BCUT2D eigenvalue weighted by Crippen LogP contribution is 2.36. The van der Waals surface area contributed by atoms with E-state index in [0.29, 0.717) is 18.1 Å². The van der Waals surface area contributed by atoms with Gasteiger partial charge in [0.05, 0.1) is 0 Å². The molecule has 1 unspecified atom stereocenters. The Morgan fingerprint density at radius 3 is 2.71 bits per heavy atom. The van der Waals surface area contributed by atoms with Crippen LogP contribution in [0.3, 0.4) is 0 Å².